The Morgan fingerprint density at radius 3 is 2.73 bits per heavy atom. The molecule has 194 valence electrons. The third kappa shape index (κ3) is 5.27. The van der Waals surface area contributed by atoms with Gasteiger partial charge in [0.25, 0.3) is 5.91 Å². The number of pyridine rings is 1. The zero-order valence-corrected chi connectivity index (χ0v) is 21.4. The van der Waals surface area contributed by atoms with Crippen LogP contribution in [0.4, 0.5) is 10.3 Å². The molecule has 1 N–H and O–H groups in total. The number of anilines is 1. The molecule has 2 aliphatic rings. The summed E-state index contributed by atoms with van der Waals surface area (Å²) in [5.41, 5.74) is 5.07. The zero-order chi connectivity index (χ0) is 26.1. The van der Waals surface area contributed by atoms with E-state index in [9.17, 15) is 14.0 Å². The van der Waals surface area contributed by atoms with E-state index in [4.69, 9.17) is 4.98 Å². The van der Waals surface area contributed by atoms with Crippen molar-refractivity contribution in [2.45, 2.75) is 51.9 Å². The molecule has 2 fully saturated rings. The van der Waals surface area contributed by atoms with Crippen molar-refractivity contribution in [2.75, 3.05) is 31.5 Å². The van der Waals surface area contributed by atoms with E-state index in [1.54, 1.807) is 18.3 Å². The van der Waals surface area contributed by atoms with Crippen LogP contribution in [0, 0.1) is 13.8 Å². The van der Waals surface area contributed by atoms with Crippen molar-refractivity contribution in [3.05, 3.63) is 65.5 Å². The lowest BCUT2D eigenvalue weighted by molar-refractivity contribution is -0.126. The highest BCUT2D eigenvalue weighted by Crippen LogP contribution is 2.33. The minimum Gasteiger partial charge on any atom is -0.337 e. The predicted octanol–water partition coefficient (Wildman–Crippen LogP) is 4.19. The number of likely N-dealkylation sites (tertiary alicyclic amines) is 2. The fourth-order valence-corrected chi connectivity index (χ4v) is 5.46. The van der Waals surface area contributed by atoms with Crippen LogP contribution in [0.2, 0.25) is 0 Å². The number of aryl methyl sites for hydroxylation is 2. The highest BCUT2D eigenvalue weighted by atomic mass is 19.1. The standard InChI is InChI=1S/C28H33FN6O2/c1-4-25(36)34-10-6-5-7-23(17-34)35-26-18(2)11-20(14-33-15-22(29)16-33)13-24(26)31-28(35)32-27(37)21-8-9-30-19(3)12-21/h4,8-9,11-13,22-23H,1,5-7,10,14-17H2,2-3H3,(H,31,32,37)/t23-/m1/s1. The van der Waals surface area contributed by atoms with Crippen molar-refractivity contribution in [2.24, 2.45) is 0 Å². The molecule has 2 amide bonds. The number of rotatable bonds is 6. The van der Waals surface area contributed by atoms with Crippen molar-refractivity contribution in [1.29, 1.82) is 0 Å². The smallest absolute Gasteiger partial charge is 0.258 e. The van der Waals surface area contributed by atoms with Gasteiger partial charge in [0, 0.05) is 50.2 Å². The highest BCUT2D eigenvalue weighted by Gasteiger charge is 2.29. The number of nitrogens with one attached hydrogen (secondary N) is 1. The first kappa shape index (κ1) is 25.1. The van der Waals surface area contributed by atoms with Gasteiger partial charge < -0.3 is 9.47 Å². The predicted molar refractivity (Wildman–Crippen MR) is 141 cm³/mol. The van der Waals surface area contributed by atoms with Crippen molar-refractivity contribution >= 4 is 28.8 Å². The molecule has 2 aliphatic heterocycles. The number of carbonyl (C=O) groups excluding carboxylic acids is 2. The average Bonchev–Trinajstić information content (AvgIpc) is 3.03. The van der Waals surface area contributed by atoms with Crippen molar-refractivity contribution < 1.29 is 14.0 Å². The number of benzene rings is 1. The lowest BCUT2D eigenvalue weighted by Crippen LogP contribution is -2.47. The van der Waals surface area contributed by atoms with Crippen LogP contribution in [0.25, 0.3) is 11.0 Å². The molecule has 8 nitrogen and oxygen atoms in total. The topological polar surface area (TPSA) is 83.4 Å². The summed E-state index contributed by atoms with van der Waals surface area (Å²) >= 11 is 0. The van der Waals surface area contributed by atoms with Gasteiger partial charge in [-0.15, -0.1) is 0 Å². The number of hydrogen-bond acceptors (Lipinski definition) is 5. The number of hydrogen-bond donors (Lipinski definition) is 1. The minimum absolute atomic E-state index is 0.0573. The van der Waals surface area contributed by atoms with Gasteiger partial charge in [-0.05, 0) is 68.5 Å². The van der Waals surface area contributed by atoms with E-state index in [-0.39, 0.29) is 17.9 Å². The van der Waals surface area contributed by atoms with Crippen LogP contribution in [0.3, 0.4) is 0 Å². The molecule has 2 saturated heterocycles. The fourth-order valence-electron chi connectivity index (χ4n) is 5.46. The first-order valence-corrected chi connectivity index (χ1v) is 12.9. The quantitative estimate of drug-likeness (QED) is 0.509. The molecule has 0 saturated carbocycles. The molecule has 4 heterocycles. The Labute approximate surface area is 216 Å². The Kier molecular flexibility index (Phi) is 7.06. The van der Waals surface area contributed by atoms with Gasteiger partial charge in [-0.2, -0.15) is 0 Å². The molecule has 1 aromatic carbocycles. The Bertz CT molecular complexity index is 1350. The number of halogens is 1. The van der Waals surface area contributed by atoms with Crippen LogP contribution in [-0.4, -0.2) is 68.5 Å². The maximum atomic E-state index is 13.4. The van der Waals surface area contributed by atoms with E-state index in [0.29, 0.717) is 44.2 Å². The lowest BCUT2D eigenvalue weighted by atomic mass is 10.1. The lowest BCUT2D eigenvalue weighted by Gasteiger charge is -2.34. The largest absolute Gasteiger partial charge is 0.337 e. The Balaban J connectivity index is 1.55. The van der Waals surface area contributed by atoms with Gasteiger partial charge in [0.05, 0.1) is 17.1 Å². The molecule has 2 aromatic heterocycles. The van der Waals surface area contributed by atoms with Crippen molar-refractivity contribution in [3.8, 4) is 0 Å². The zero-order valence-electron chi connectivity index (χ0n) is 21.4. The van der Waals surface area contributed by atoms with E-state index in [0.717, 1.165) is 47.1 Å². The third-order valence-corrected chi connectivity index (χ3v) is 7.24. The average molecular weight is 505 g/mol. The number of imidazole rings is 1. The van der Waals surface area contributed by atoms with Crippen LogP contribution in [-0.2, 0) is 11.3 Å². The van der Waals surface area contributed by atoms with E-state index >= 15 is 0 Å². The van der Waals surface area contributed by atoms with E-state index in [1.165, 1.54) is 6.08 Å². The van der Waals surface area contributed by atoms with Crippen LogP contribution in [0.15, 0.2) is 43.1 Å². The monoisotopic (exact) mass is 504 g/mol. The minimum atomic E-state index is -0.751. The Hall–Kier alpha value is -3.59. The number of amides is 2. The van der Waals surface area contributed by atoms with E-state index < -0.39 is 6.17 Å². The summed E-state index contributed by atoms with van der Waals surface area (Å²) in [6.45, 7) is 10.3. The summed E-state index contributed by atoms with van der Waals surface area (Å²) in [5, 5.41) is 3.04. The van der Waals surface area contributed by atoms with E-state index in [2.05, 4.69) is 32.4 Å². The molecule has 0 unspecified atom stereocenters. The first-order valence-electron chi connectivity index (χ1n) is 12.9. The summed E-state index contributed by atoms with van der Waals surface area (Å²) < 4.78 is 15.5. The van der Waals surface area contributed by atoms with Crippen LogP contribution in [0.1, 0.15) is 52.5 Å². The van der Waals surface area contributed by atoms with Crippen LogP contribution in [0.5, 0.6) is 0 Å². The summed E-state index contributed by atoms with van der Waals surface area (Å²) in [6, 6.07) is 7.51. The summed E-state index contributed by atoms with van der Waals surface area (Å²) in [4.78, 5) is 38.7. The number of carbonyl (C=O) groups is 2. The SMILES string of the molecule is C=CC(=O)N1CCCC[C@@H](n2c(NC(=O)c3ccnc(C)c3)nc3cc(CN4CC(F)C4)cc(C)c32)C1. The molecule has 0 spiro atoms. The number of fused-ring (bicyclic) bond motifs is 1. The molecule has 0 aliphatic carbocycles. The highest BCUT2D eigenvalue weighted by molar-refractivity contribution is 6.04. The second-order valence-corrected chi connectivity index (χ2v) is 10.2. The molecule has 9 heteroatoms. The maximum absolute atomic E-state index is 13.4. The summed E-state index contributed by atoms with van der Waals surface area (Å²) in [6.07, 6.45) is 4.95. The van der Waals surface area contributed by atoms with E-state index in [1.807, 2.05) is 24.8 Å². The first-order chi connectivity index (χ1) is 17.8. The number of aromatic nitrogens is 3. The molecule has 37 heavy (non-hydrogen) atoms. The molecule has 0 bridgehead atoms. The van der Waals surface area contributed by atoms with Gasteiger partial charge in [-0.25, -0.2) is 9.37 Å². The fraction of sp³-hybridized carbons (Fsp3) is 0.429. The molecular formula is C28H33FN6O2. The second kappa shape index (κ2) is 10.4. The number of alkyl halides is 1. The van der Waals surface area contributed by atoms with Crippen molar-refractivity contribution in [3.63, 3.8) is 0 Å². The van der Waals surface area contributed by atoms with Gasteiger partial charge >= 0.3 is 0 Å². The summed E-state index contributed by atoms with van der Waals surface area (Å²) in [5.74, 6) is 0.108. The van der Waals surface area contributed by atoms with Gasteiger partial charge in [0.15, 0.2) is 0 Å². The molecule has 1 atom stereocenters. The van der Waals surface area contributed by atoms with Crippen LogP contribution >= 0.6 is 0 Å². The maximum Gasteiger partial charge on any atom is 0.258 e. The molecular weight excluding hydrogens is 471 g/mol. The second-order valence-electron chi connectivity index (χ2n) is 10.2. The summed E-state index contributed by atoms with van der Waals surface area (Å²) in [7, 11) is 0. The van der Waals surface area contributed by atoms with Crippen LogP contribution < -0.4 is 5.32 Å². The van der Waals surface area contributed by atoms with Gasteiger partial charge in [0.2, 0.25) is 11.9 Å². The Morgan fingerprint density at radius 2 is 2.00 bits per heavy atom. The molecule has 0 radical (unpaired) electrons. The van der Waals surface area contributed by atoms with Gasteiger partial charge in [-0.3, -0.25) is 24.8 Å². The Morgan fingerprint density at radius 1 is 1.19 bits per heavy atom. The molecule has 3 aromatic rings. The molecule has 5 rings (SSSR count). The third-order valence-electron chi connectivity index (χ3n) is 7.24. The van der Waals surface area contributed by atoms with Gasteiger partial charge in [0.1, 0.15) is 6.17 Å². The normalized spacial score (nSPS) is 18.9. The van der Waals surface area contributed by atoms with Gasteiger partial charge in [-0.1, -0.05) is 12.6 Å². The number of nitrogens with zero attached hydrogens (tertiary/aromatic N) is 5. The van der Waals surface area contributed by atoms with Crippen molar-refractivity contribution in [1.82, 2.24) is 24.3 Å².